The van der Waals surface area contributed by atoms with Crippen molar-refractivity contribution in [2.24, 2.45) is 0 Å². The van der Waals surface area contributed by atoms with E-state index in [1.807, 2.05) is 0 Å². The predicted octanol–water partition coefficient (Wildman–Crippen LogP) is 2.99. The van der Waals surface area contributed by atoms with Crippen LogP contribution in [-0.2, 0) is 0 Å². The van der Waals surface area contributed by atoms with Gasteiger partial charge in [0.05, 0.1) is 0 Å². The molecule has 0 aliphatic heterocycles. The minimum Gasteiger partial charge on any atom is -0.250 e. The Labute approximate surface area is 94.7 Å². The molecule has 1 N–H and O–H groups in total. The summed E-state index contributed by atoms with van der Waals surface area (Å²) < 4.78 is 3.39. The Hall–Kier alpha value is 1.39. The fourth-order valence-electron chi connectivity index (χ4n) is 0.891. The van der Waals surface area contributed by atoms with Crippen LogP contribution in [-0.4, -0.2) is 42.8 Å². The van der Waals surface area contributed by atoms with Crippen molar-refractivity contribution in [2.45, 2.75) is 6.42 Å². The highest BCUT2D eigenvalue weighted by atomic mass is 127. The summed E-state index contributed by atoms with van der Waals surface area (Å²) in [5.41, 5.74) is 0. The highest BCUT2D eigenvalue weighted by Gasteiger charge is 2.10. The minimum absolute atomic E-state index is 0.272. The zero-order chi connectivity index (χ0) is 9.83. The van der Waals surface area contributed by atoms with Crippen LogP contribution >= 0.6 is 43.1 Å². The molecule has 0 aliphatic rings. The fraction of sp³-hybridized carbons (Fsp3) is 1.00. The molecule has 0 spiro atoms. The maximum Gasteiger partial charge on any atom is 0.0271 e. The van der Waals surface area contributed by atoms with E-state index in [0.717, 1.165) is 0 Å². The van der Waals surface area contributed by atoms with Crippen molar-refractivity contribution in [2.75, 3.05) is 42.8 Å². The minimum atomic E-state index is -0.492. The van der Waals surface area contributed by atoms with Crippen LogP contribution in [0.15, 0.2) is 0 Å². The molecule has 0 aromatic carbocycles. The zero-order valence-corrected chi connectivity index (χ0v) is 12.6. The van der Waals surface area contributed by atoms with E-state index in [1.165, 1.54) is 17.9 Å². The van der Waals surface area contributed by atoms with Crippen LogP contribution in [0, 0.1) is 0 Å². The lowest BCUT2D eigenvalue weighted by atomic mass is 10.6. The molecule has 0 heterocycles. The Bertz CT molecular complexity index is 132. The van der Waals surface area contributed by atoms with Crippen LogP contribution in [0.2, 0.25) is 0 Å². The topological polar surface area (TPSA) is 12.0 Å². The van der Waals surface area contributed by atoms with Crippen molar-refractivity contribution in [3.05, 3.63) is 0 Å². The maximum absolute atomic E-state index is 3.39. The summed E-state index contributed by atoms with van der Waals surface area (Å²) in [6.45, 7) is 0. The highest BCUT2D eigenvalue weighted by molar-refractivity contribution is 14.1. The van der Waals surface area contributed by atoms with Crippen molar-refractivity contribution < 1.29 is 0 Å². The lowest BCUT2D eigenvalue weighted by Gasteiger charge is -2.32. The zero-order valence-electron chi connectivity index (χ0n) is 8.82. The lowest BCUT2D eigenvalue weighted by molar-refractivity contribution is 1.10. The van der Waals surface area contributed by atoms with Crippen molar-refractivity contribution >= 4 is 43.1 Å². The Kier molecular flexibility index (Phi) is 5.93. The van der Waals surface area contributed by atoms with Gasteiger partial charge in [-0.05, 0) is 49.2 Å². The van der Waals surface area contributed by atoms with E-state index in [-0.39, 0.29) is 10.0 Å². The fourth-order valence-corrected chi connectivity index (χ4v) is 3.69. The monoisotopic (exact) mass is 323 g/mol. The standard InChI is InChI=1S/C8H22INS2/c1-11(2,3)7-6-8-12(4,5)10-9/h10H,6-8H2,1-5H3. The number of halogens is 1. The summed E-state index contributed by atoms with van der Waals surface area (Å²) in [7, 11) is -0.764. The number of hydrogen-bond donors (Lipinski definition) is 1. The van der Waals surface area contributed by atoms with Gasteiger partial charge < -0.3 is 0 Å². The van der Waals surface area contributed by atoms with Crippen molar-refractivity contribution in [1.29, 1.82) is 0 Å². The van der Waals surface area contributed by atoms with E-state index < -0.39 is 10.2 Å². The van der Waals surface area contributed by atoms with Gasteiger partial charge in [0.25, 0.3) is 0 Å². The van der Waals surface area contributed by atoms with Crippen LogP contribution in [0.5, 0.6) is 0 Å². The molecule has 4 heteroatoms. The number of nitrogens with one attached hydrogen (secondary N) is 1. The molecule has 0 rings (SSSR count). The van der Waals surface area contributed by atoms with Crippen LogP contribution < -0.4 is 2.94 Å². The first-order chi connectivity index (χ1) is 5.27. The molecule has 0 amide bonds. The highest BCUT2D eigenvalue weighted by Crippen LogP contribution is 2.40. The Morgan fingerprint density at radius 3 is 1.83 bits per heavy atom. The Balaban J connectivity index is 3.57. The van der Waals surface area contributed by atoms with Gasteiger partial charge in [0, 0.05) is 22.9 Å². The summed E-state index contributed by atoms with van der Waals surface area (Å²) in [4.78, 5) is 0. The molecular formula is C8H22INS2. The van der Waals surface area contributed by atoms with Gasteiger partial charge in [-0.2, -0.15) is 10.2 Å². The van der Waals surface area contributed by atoms with E-state index in [2.05, 4.69) is 57.1 Å². The first-order valence-corrected chi connectivity index (χ1v) is 10.7. The first-order valence-electron chi connectivity index (χ1n) is 4.01. The van der Waals surface area contributed by atoms with Crippen LogP contribution in [0.25, 0.3) is 0 Å². The smallest absolute Gasteiger partial charge is 0.0271 e. The van der Waals surface area contributed by atoms with E-state index in [4.69, 9.17) is 0 Å². The maximum atomic E-state index is 3.39. The van der Waals surface area contributed by atoms with Crippen LogP contribution in [0.3, 0.4) is 0 Å². The van der Waals surface area contributed by atoms with Crippen molar-refractivity contribution in [3.8, 4) is 0 Å². The first kappa shape index (κ1) is 13.4. The van der Waals surface area contributed by atoms with Gasteiger partial charge in [-0.15, -0.1) is 0 Å². The van der Waals surface area contributed by atoms with Crippen molar-refractivity contribution in [1.82, 2.24) is 2.94 Å². The average Bonchev–Trinajstić information content (AvgIpc) is 1.84. The molecule has 0 saturated heterocycles. The molecular weight excluding hydrogens is 301 g/mol. The van der Waals surface area contributed by atoms with Gasteiger partial charge in [0.15, 0.2) is 0 Å². The second-order valence-corrected chi connectivity index (χ2v) is 14.0. The summed E-state index contributed by atoms with van der Waals surface area (Å²) in [5, 5.41) is 0. The molecule has 0 fully saturated rings. The van der Waals surface area contributed by atoms with E-state index in [1.54, 1.807) is 0 Å². The molecule has 12 heavy (non-hydrogen) atoms. The van der Waals surface area contributed by atoms with Gasteiger partial charge in [0.1, 0.15) is 0 Å². The van der Waals surface area contributed by atoms with Gasteiger partial charge >= 0.3 is 0 Å². The lowest BCUT2D eigenvalue weighted by Crippen LogP contribution is -2.13. The molecule has 0 bridgehead atoms. The third kappa shape index (κ3) is 8.01. The quantitative estimate of drug-likeness (QED) is 0.606. The van der Waals surface area contributed by atoms with Gasteiger partial charge in [-0.25, -0.2) is 13.0 Å². The molecule has 0 radical (unpaired) electrons. The molecule has 0 saturated carbocycles. The van der Waals surface area contributed by atoms with E-state index in [9.17, 15) is 0 Å². The molecule has 1 nitrogen and oxygen atoms in total. The number of hydrogen-bond acceptors (Lipinski definition) is 1. The molecule has 0 atom stereocenters. The SMILES string of the molecule is CS(C)(C)CCCS(C)(C)NI. The average molecular weight is 323 g/mol. The van der Waals surface area contributed by atoms with Crippen LogP contribution in [0.1, 0.15) is 6.42 Å². The molecule has 78 valence electrons. The summed E-state index contributed by atoms with van der Waals surface area (Å²) in [6.07, 6.45) is 13.3. The van der Waals surface area contributed by atoms with Gasteiger partial charge in [-0.3, -0.25) is 0 Å². The van der Waals surface area contributed by atoms with E-state index >= 15 is 0 Å². The summed E-state index contributed by atoms with van der Waals surface area (Å²) in [5.74, 6) is 2.78. The van der Waals surface area contributed by atoms with Gasteiger partial charge in [0.2, 0.25) is 0 Å². The second kappa shape index (κ2) is 5.32. The van der Waals surface area contributed by atoms with Crippen molar-refractivity contribution in [3.63, 3.8) is 0 Å². The molecule has 0 aromatic heterocycles. The summed E-state index contributed by atoms with van der Waals surface area (Å²) in [6, 6.07) is 0. The normalized spacial score (nSPS) is 16.2. The van der Waals surface area contributed by atoms with Gasteiger partial charge in [-0.1, -0.05) is 0 Å². The van der Waals surface area contributed by atoms with E-state index in [0.29, 0.717) is 0 Å². The Morgan fingerprint density at radius 1 is 1.00 bits per heavy atom. The third-order valence-corrected chi connectivity index (χ3v) is 8.44. The molecule has 0 aliphatic carbocycles. The summed E-state index contributed by atoms with van der Waals surface area (Å²) >= 11 is 2.28. The van der Waals surface area contributed by atoms with Crippen LogP contribution in [0.4, 0.5) is 0 Å². The third-order valence-electron chi connectivity index (χ3n) is 1.62. The predicted molar refractivity (Wildman–Crippen MR) is 76.3 cm³/mol. The number of rotatable bonds is 5. The molecule has 0 aromatic rings. The Morgan fingerprint density at radius 2 is 1.50 bits per heavy atom. The second-order valence-electron chi connectivity index (χ2n) is 4.47. The largest absolute Gasteiger partial charge is 0.250 e. The molecule has 0 unspecified atom stereocenters.